The summed E-state index contributed by atoms with van der Waals surface area (Å²) >= 11 is 0. The van der Waals surface area contributed by atoms with E-state index in [0.29, 0.717) is 18.2 Å². The normalized spacial score (nSPS) is 19.7. The van der Waals surface area contributed by atoms with Crippen molar-refractivity contribution in [2.45, 2.75) is 64.8 Å². The zero-order valence-electron chi connectivity index (χ0n) is 18.5. The zero-order chi connectivity index (χ0) is 22.4. The van der Waals surface area contributed by atoms with Crippen LogP contribution in [0.2, 0.25) is 0 Å². The van der Waals surface area contributed by atoms with E-state index < -0.39 is 10.9 Å². The van der Waals surface area contributed by atoms with Crippen LogP contribution in [-0.4, -0.2) is 54.0 Å². The fourth-order valence-electron chi connectivity index (χ4n) is 4.80. The van der Waals surface area contributed by atoms with Crippen molar-refractivity contribution in [2.24, 2.45) is 5.92 Å². The predicted molar refractivity (Wildman–Crippen MR) is 118 cm³/mol. The number of amides is 1. The second-order valence-corrected chi connectivity index (χ2v) is 8.70. The van der Waals surface area contributed by atoms with E-state index in [0.717, 1.165) is 51.6 Å². The number of likely N-dealkylation sites (N-methyl/N-ethyl adjacent to an activating group) is 1. The standard InChI is InChI=1S/C23H33N3O5/c1-3-25(19-9-5-4-6-10-19)22(27)16-31-23(28)18-11-12-20(21(14-18)26(29)30)24-13-7-8-17(2)15-24/h11-12,14,17,19H,3-10,13,15-16H2,1-2H3/t17-/m0/s1. The van der Waals surface area contributed by atoms with Crippen molar-refractivity contribution < 1.29 is 19.2 Å². The molecule has 1 saturated carbocycles. The number of hydrogen-bond acceptors (Lipinski definition) is 6. The third-order valence-corrected chi connectivity index (χ3v) is 6.41. The van der Waals surface area contributed by atoms with Gasteiger partial charge in [0.2, 0.25) is 0 Å². The van der Waals surface area contributed by atoms with Crippen molar-refractivity contribution in [3.05, 3.63) is 33.9 Å². The number of nitro groups is 1. The fourth-order valence-corrected chi connectivity index (χ4v) is 4.80. The molecule has 2 fully saturated rings. The fraction of sp³-hybridized carbons (Fsp3) is 0.652. The highest BCUT2D eigenvalue weighted by Gasteiger charge is 2.27. The first kappa shape index (κ1) is 23.0. The Balaban J connectivity index is 1.66. The van der Waals surface area contributed by atoms with Crippen molar-refractivity contribution in [1.82, 2.24) is 4.90 Å². The van der Waals surface area contributed by atoms with Gasteiger partial charge in [-0.2, -0.15) is 0 Å². The highest BCUT2D eigenvalue weighted by molar-refractivity contribution is 5.93. The van der Waals surface area contributed by atoms with E-state index in [1.165, 1.54) is 12.5 Å². The van der Waals surface area contributed by atoms with Gasteiger partial charge in [-0.3, -0.25) is 14.9 Å². The van der Waals surface area contributed by atoms with Crippen molar-refractivity contribution in [3.8, 4) is 0 Å². The molecule has 1 aliphatic heterocycles. The molecular formula is C23H33N3O5. The number of rotatable bonds is 7. The summed E-state index contributed by atoms with van der Waals surface area (Å²) in [5.74, 6) is -0.458. The minimum Gasteiger partial charge on any atom is -0.452 e. The lowest BCUT2D eigenvalue weighted by Crippen LogP contribution is -2.43. The second kappa shape index (κ2) is 10.6. The molecular weight excluding hydrogens is 398 g/mol. The topological polar surface area (TPSA) is 93.0 Å². The number of anilines is 1. The smallest absolute Gasteiger partial charge is 0.338 e. The Morgan fingerprint density at radius 3 is 2.58 bits per heavy atom. The van der Waals surface area contributed by atoms with Gasteiger partial charge in [0.25, 0.3) is 11.6 Å². The van der Waals surface area contributed by atoms with Crippen LogP contribution < -0.4 is 4.90 Å². The summed E-state index contributed by atoms with van der Waals surface area (Å²) in [5.41, 5.74) is 0.514. The Morgan fingerprint density at radius 2 is 1.94 bits per heavy atom. The van der Waals surface area contributed by atoms with E-state index in [4.69, 9.17) is 4.74 Å². The van der Waals surface area contributed by atoms with Gasteiger partial charge in [0.1, 0.15) is 5.69 Å². The predicted octanol–water partition coefficient (Wildman–Crippen LogP) is 4.17. The monoisotopic (exact) mass is 431 g/mol. The van der Waals surface area contributed by atoms with E-state index in [2.05, 4.69) is 6.92 Å². The lowest BCUT2D eigenvalue weighted by atomic mass is 9.94. The van der Waals surface area contributed by atoms with Crippen LogP contribution in [0, 0.1) is 16.0 Å². The maximum atomic E-state index is 12.6. The minimum atomic E-state index is -0.713. The summed E-state index contributed by atoms with van der Waals surface area (Å²) in [7, 11) is 0. The number of carbonyl (C=O) groups is 2. The minimum absolute atomic E-state index is 0.0917. The van der Waals surface area contributed by atoms with Gasteiger partial charge in [0.15, 0.2) is 6.61 Å². The third kappa shape index (κ3) is 5.74. The summed E-state index contributed by atoms with van der Waals surface area (Å²) in [4.78, 5) is 40.1. The molecule has 0 radical (unpaired) electrons. The quantitative estimate of drug-likeness (QED) is 0.365. The van der Waals surface area contributed by atoms with Crippen LogP contribution in [0.4, 0.5) is 11.4 Å². The van der Waals surface area contributed by atoms with E-state index in [-0.39, 0.29) is 29.8 Å². The van der Waals surface area contributed by atoms with Crippen molar-refractivity contribution in [3.63, 3.8) is 0 Å². The average molecular weight is 432 g/mol. The van der Waals surface area contributed by atoms with Gasteiger partial charge in [-0.25, -0.2) is 4.79 Å². The van der Waals surface area contributed by atoms with Gasteiger partial charge in [0, 0.05) is 31.7 Å². The van der Waals surface area contributed by atoms with Gasteiger partial charge in [0.05, 0.1) is 10.5 Å². The first-order chi connectivity index (χ1) is 14.9. The molecule has 0 unspecified atom stereocenters. The Hall–Kier alpha value is -2.64. The largest absolute Gasteiger partial charge is 0.452 e. The van der Waals surface area contributed by atoms with Crippen LogP contribution in [0.3, 0.4) is 0 Å². The Morgan fingerprint density at radius 1 is 1.19 bits per heavy atom. The van der Waals surface area contributed by atoms with Crippen LogP contribution in [0.15, 0.2) is 18.2 Å². The summed E-state index contributed by atoms with van der Waals surface area (Å²) in [5, 5.41) is 11.7. The lowest BCUT2D eigenvalue weighted by Gasteiger charge is -2.33. The molecule has 2 aliphatic rings. The number of nitrogens with zero attached hydrogens (tertiary/aromatic N) is 3. The second-order valence-electron chi connectivity index (χ2n) is 8.70. The maximum Gasteiger partial charge on any atom is 0.338 e. The molecule has 0 bridgehead atoms. The molecule has 1 saturated heterocycles. The zero-order valence-corrected chi connectivity index (χ0v) is 18.5. The van der Waals surface area contributed by atoms with E-state index in [1.54, 1.807) is 17.0 Å². The number of hydrogen-bond donors (Lipinski definition) is 0. The third-order valence-electron chi connectivity index (χ3n) is 6.41. The molecule has 1 aliphatic carbocycles. The molecule has 0 N–H and O–H groups in total. The van der Waals surface area contributed by atoms with E-state index >= 15 is 0 Å². The van der Waals surface area contributed by atoms with Crippen LogP contribution in [0.1, 0.15) is 69.2 Å². The number of nitro benzene ring substituents is 1. The van der Waals surface area contributed by atoms with Crippen molar-refractivity contribution in [1.29, 1.82) is 0 Å². The van der Waals surface area contributed by atoms with Gasteiger partial charge in [-0.05, 0) is 50.7 Å². The molecule has 1 atom stereocenters. The number of esters is 1. The molecule has 31 heavy (non-hydrogen) atoms. The first-order valence-corrected chi connectivity index (χ1v) is 11.4. The molecule has 1 aromatic rings. The highest BCUT2D eigenvalue weighted by Crippen LogP contribution is 2.32. The lowest BCUT2D eigenvalue weighted by molar-refractivity contribution is -0.384. The molecule has 170 valence electrons. The molecule has 8 nitrogen and oxygen atoms in total. The molecule has 8 heteroatoms. The van der Waals surface area contributed by atoms with Crippen molar-refractivity contribution in [2.75, 3.05) is 31.1 Å². The number of piperidine rings is 1. The Labute approximate surface area is 183 Å². The number of ether oxygens (including phenoxy) is 1. The molecule has 0 aromatic heterocycles. The first-order valence-electron chi connectivity index (χ1n) is 11.4. The maximum absolute atomic E-state index is 12.6. The molecule has 1 amide bonds. The van der Waals surface area contributed by atoms with Crippen LogP contribution in [-0.2, 0) is 9.53 Å². The van der Waals surface area contributed by atoms with E-state index in [9.17, 15) is 19.7 Å². The molecule has 1 heterocycles. The summed E-state index contributed by atoms with van der Waals surface area (Å²) < 4.78 is 5.23. The number of carbonyl (C=O) groups excluding carboxylic acids is 2. The van der Waals surface area contributed by atoms with Crippen molar-refractivity contribution >= 4 is 23.3 Å². The highest BCUT2D eigenvalue weighted by atomic mass is 16.6. The summed E-state index contributed by atoms with van der Waals surface area (Å²) in [6.07, 6.45) is 7.48. The molecule has 0 spiro atoms. The van der Waals surface area contributed by atoms with Crippen LogP contribution in [0.25, 0.3) is 0 Å². The molecule has 3 rings (SSSR count). The SMILES string of the molecule is CCN(C(=O)COC(=O)c1ccc(N2CCC[C@H](C)C2)c([N+](=O)[O-])c1)C1CCCCC1. The number of benzene rings is 1. The summed E-state index contributed by atoms with van der Waals surface area (Å²) in [6, 6.07) is 4.64. The Bertz CT molecular complexity index is 806. The van der Waals surface area contributed by atoms with E-state index in [1.807, 2.05) is 11.8 Å². The summed E-state index contributed by atoms with van der Waals surface area (Å²) in [6.45, 7) is 5.81. The molecule has 1 aromatic carbocycles. The van der Waals surface area contributed by atoms with Crippen LogP contribution in [0.5, 0.6) is 0 Å². The van der Waals surface area contributed by atoms with Gasteiger partial charge < -0.3 is 14.5 Å². The van der Waals surface area contributed by atoms with Gasteiger partial charge >= 0.3 is 5.97 Å². The Kier molecular flexibility index (Phi) is 7.87. The average Bonchev–Trinajstić information content (AvgIpc) is 2.78. The van der Waals surface area contributed by atoms with Gasteiger partial charge in [-0.15, -0.1) is 0 Å². The van der Waals surface area contributed by atoms with Crippen LogP contribution >= 0.6 is 0 Å². The van der Waals surface area contributed by atoms with Gasteiger partial charge in [-0.1, -0.05) is 26.2 Å².